The molecule has 5 heteroatoms. The van der Waals surface area contributed by atoms with E-state index in [-0.39, 0.29) is 5.97 Å². The lowest BCUT2D eigenvalue weighted by Gasteiger charge is -2.28. The number of anilines is 1. The second-order valence-electron chi connectivity index (χ2n) is 8.40. The minimum Gasteiger partial charge on any atom is -0.461 e. The lowest BCUT2D eigenvalue weighted by molar-refractivity contribution is -0.142. The van der Waals surface area contributed by atoms with Gasteiger partial charge in [0.2, 0.25) is 0 Å². The molecule has 2 aromatic rings. The van der Waals surface area contributed by atoms with Crippen LogP contribution in [-0.2, 0) is 29.2 Å². The minimum atomic E-state index is -0.254. The van der Waals surface area contributed by atoms with Gasteiger partial charge in [0.05, 0.1) is 0 Å². The number of benzene rings is 2. The van der Waals surface area contributed by atoms with E-state index in [9.17, 15) is 4.79 Å². The first kappa shape index (κ1) is 25.9. The van der Waals surface area contributed by atoms with Crippen molar-refractivity contribution in [3.8, 4) is 0 Å². The van der Waals surface area contributed by atoms with Crippen LogP contribution < -0.4 is 10.6 Å². The molecule has 0 fully saturated rings. The van der Waals surface area contributed by atoms with Crippen LogP contribution in [0.5, 0.6) is 0 Å². The van der Waals surface area contributed by atoms with Gasteiger partial charge in [0.25, 0.3) is 0 Å². The van der Waals surface area contributed by atoms with Gasteiger partial charge in [0.1, 0.15) is 6.61 Å². The van der Waals surface area contributed by atoms with E-state index in [0.29, 0.717) is 13.2 Å². The summed E-state index contributed by atoms with van der Waals surface area (Å²) in [5.74, 6) is -0.254. The van der Waals surface area contributed by atoms with Crippen LogP contribution in [0.1, 0.15) is 63.1 Å². The quantitative estimate of drug-likeness (QED) is 0.308. The lowest BCUT2D eigenvalue weighted by Crippen LogP contribution is -2.29. The average Bonchev–Trinajstić information content (AvgIpc) is 2.80. The van der Waals surface area contributed by atoms with E-state index in [0.717, 1.165) is 42.9 Å². The van der Waals surface area contributed by atoms with Gasteiger partial charge >= 0.3 is 5.97 Å². The number of hydrogen-bond acceptors (Lipinski definition) is 5. The van der Waals surface area contributed by atoms with Crippen LogP contribution in [0.4, 0.5) is 5.69 Å². The molecule has 2 aromatic carbocycles. The van der Waals surface area contributed by atoms with E-state index in [1.165, 1.54) is 44.8 Å². The van der Waals surface area contributed by atoms with Crippen molar-refractivity contribution in [1.29, 1.82) is 0 Å². The summed E-state index contributed by atoms with van der Waals surface area (Å²) in [7, 11) is 0. The molecule has 0 aliphatic carbocycles. The molecule has 0 atom stereocenters. The number of unbranched alkanes of at least 4 members (excludes halogenated alkanes) is 1. The molecule has 0 aliphatic heterocycles. The second-order valence-corrected chi connectivity index (χ2v) is 8.40. The van der Waals surface area contributed by atoms with Crippen LogP contribution in [0.2, 0.25) is 0 Å². The topological polar surface area (TPSA) is 58.8 Å². The monoisotopic (exact) mass is 439 g/mol. The van der Waals surface area contributed by atoms with Crippen LogP contribution in [-0.4, -0.2) is 37.0 Å². The molecular weight excluding hydrogens is 398 g/mol. The van der Waals surface area contributed by atoms with E-state index >= 15 is 0 Å². The van der Waals surface area contributed by atoms with Gasteiger partial charge < -0.3 is 20.3 Å². The van der Waals surface area contributed by atoms with Crippen LogP contribution in [0, 0.1) is 0 Å². The Morgan fingerprint density at radius 3 is 2.12 bits per heavy atom. The highest BCUT2D eigenvalue weighted by molar-refractivity contribution is 5.66. The van der Waals surface area contributed by atoms with Crippen LogP contribution >= 0.6 is 0 Å². The SMILES string of the molecule is CCCN(CCC)CCCCN(Cc1ccc(CN)cc1)c1ccccc1COC(C)=O. The maximum atomic E-state index is 11.4. The molecule has 5 nitrogen and oxygen atoms in total. The molecule has 0 bridgehead atoms. The Bertz CT molecular complexity index is 786. The molecule has 0 spiro atoms. The lowest BCUT2D eigenvalue weighted by atomic mass is 10.1. The molecule has 0 aromatic heterocycles. The Morgan fingerprint density at radius 2 is 1.50 bits per heavy atom. The summed E-state index contributed by atoms with van der Waals surface area (Å²) >= 11 is 0. The summed E-state index contributed by atoms with van der Waals surface area (Å²) < 4.78 is 5.32. The third kappa shape index (κ3) is 9.01. The average molecular weight is 440 g/mol. The van der Waals surface area contributed by atoms with E-state index in [1.54, 1.807) is 0 Å². The molecule has 0 aliphatic rings. The molecule has 0 unspecified atom stereocenters. The van der Waals surface area contributed by atoms with Crippen molar-refractivity contribution in [2.75, 3.05) is 31.1 Å². The van der Waals surface area contributed by atoms with Crippen LogP contribution in [0.25, 0.3) is 0 Å². The molecule has 0 radical (unpaired) electrons. The van der Waals surface area contributed by atoms with Crippen LogP contribution in [0.15, 0.2) is 48.5 Å². The fourth-order valence-corrected chi connectivity index (χ4v) is 4.01. The van der Waals surface area contributed by atoms with Gasteiger partial charge in [0, 0.05) is 37.8 Å². The smallest absolute Gasteiger partial charge is 0.302 e. The normalized spacial score (nSPS) is 11.0. The highest BCUT2D eigenvalue weighted by atomic mass is 16.5. The highest BCUT2D eigenvalue weighted by Gasteiger charge is 2.13. The minimum absolute atomic E-state index is 0.254. The van der Waals surface area contributed by atoms with Crippen molar-refractivity contribution in [3.05, 3.63) is 65.2 Å². The van der Waals surface area contributed by atoms with Crippen LogP contribution in [0.3, 0.4) is 0 Å². The van der Waals surface area contributed by atoms with E-state index in [2.05, 4.69) is 60.0 Å². The van der Waals surface area contributed by atoms with E-state index in [1.807, 2.05) is 12.1 Å². The third-order valence-corrected chi connectivity index (χ3v) is 5.63. The number of ether oxygens (including phenoxy) is 1. The summed E-state index contributed by atoms with van der Waals surface area (Å²) in [5.41, 5.74) is 10.3. The number of carbonyl (C=O) groups is 1. The van der Waals surface area contributed by atoms with E-state index < -0.39 is 0 Å². The van der Waals surface area contributed by atoms with E-state index in [4.69, 9.17) is 10.5 Å². The standard InChI is InChI=1S/C27H41N3O2/c1-4-16-29(17-5-2)18-8-9-19-30(21-25-14-12-24(20-28)13-15-25)27-11-7-6-10-26(27)22-32-23(3)31/h6-7,10-15H,4-5,8-9,16-22,28H2,1-3H3. The molecule has 0 saturated heterocycles. The largest absolute Gasteiger partial charge is 0.461 e. The Hall–Kier alpha value is -2.37. The van der Waals surface area contributed by atoms with Crippen molar-refractivity contribution < 1.29 is 9.53 Å². The summed E-state index contributed by atoms with van der Waals surface area (Å²) in [6.45, 7) is 12.1. The number of esters is 1. The summed E-state index contributed by atoms with van der Waals surface area (Å²) in [4.78, 5) is 16.4. The molecular formula is C27H41N3O2. The number of carbonyl (C=O) groups excluding carboxylic acids is 1. The number of para-hydroxylation sites is 1. The van der Waals surface area contributed by atoms with Gasteiger partial charge in [0.15, 0.2) is 0 Å². The zero-order chi connectivity index (χ0) is 23.2. The summed E-state index contributed by atoms with van der Waals surface area (Å²) in [5, 5.41) is 0. The molecule has 32 heavy (non-hydrogen) atoms. The third-order valence-electron chi connectivity index (χ3n) is 5.63. The van der Waals surface area contributed by atoms with Crippen molar-refractivity contribution in [2.24, 2.45) is 5.73 Å². The second kappa shape index (κ2) is 14.6. The number of hydrogen-bond donors (Lipinski definition) is 1. The molecule has 0 amide bonds. The van der Waals surface area contributed by atoms with Crippen molar-refractivity contribution in [2.45, 2.75) is 66.2 Å². The molecule has 176 valence electrons. The van der Waals surface area contributed by atoms with Crippen molar-refractivity contribution in [1.82, 2.24) is 4.90 Å². The molecule has 2 N–H and O–H groups in total. The summed E-state index contributed by atoms with van der Waals surface area (Å²) in [6.07, 6.45) is 4.70. The fraction of sp³-hybridized carbons (Fsp3) is 0.519. The molecule has 0 heterocycles. The van der Waals surface area contributed by atoms with Crippen molar-refractivity contribution in [3.63, 3.8) is 0 Å². The maximum absolute atomic E-state index is 11.4. The molecule has 0 saturated carbocycles. The Morgan fingerprint density at radius 1 is 0.875 bits per heavy atom. The zero-order valence-electron chi connectivity index (χ0n) is 20.2. The van der Waals surface area contributed by atoms with Gasteiger partial charge in [-0.25, -0.2) is 0 Å². The fourth-order valence-electron chi connectivity index (χ4n) is 4.01. The number of rotatable bonds is 15. The van der Waals surface area contributed by atoms with Gasteiger partial charge in [-0.1, -0.05) is 56.3 Å². The number of nitrogens with two attached hydrogens (primary N) is 1. The Labute approximate surface area is 194 Å². The van der Waals surface area contributed by atoms with Gasteiger partial charge in [-0.05, 0) is 62.5 Å². The first-order valence-electron chi connectivity index (χ1n) is 12.0. The van der Waals surface area contributed by atoms with Gasteiger partial charge in [-0.3, -0.25) is 4.79 Å². The summed E-state index contributed by atoms with van der Waals surface area (Å²) in [6, 6.07) is 16.8. The number of nitrogens with zero attached hydrogens (tertiary/aromatic N) is 2. The molecule has 2 rings (SSSR count). The Balaban J connectivity index is 2.11. The first-order chi connectivity index (χ1) is 15.6. The predicted octanol–water partition coefficient (Wildman–Crippen LogP) is 5.12. The van der Waals surface area contributed by atoms with Gasteiger partial charge in [-0.2, -0.15) is 0 Å². The maximum Gasteiger partial charge on any atom is 0.302 e. The van der Waals surface area contributed by atoms with Crippen molar-refractivity contribution >= 4 is 11.7 Å². The predicted molar refractivity (Wildman–Crippen MR) is 134 cm³/mol. The zero-order valence-corrected chi connectivity index (χ0v) is 20.2. The first-order valence-corrected chi connectivity index (χ1v) is 12.0. The Kier molecular flexibility index (Phi) is 11.8. The highest BCUT2D eigenvalue weighted by Crippen LogP contribution is 2.24. The van der Waals surface area contributed by atoms with Gasteiger partial charge in [-0.15, -0.1) is 0 Å².